The van der Waals surface area contributed by atoms with Gasteiger partial charge < -0.3 is 10.8 Å². The Hall–Kier alpha value is -1.88. The summed E-state index contributed by atoms with van der Waals surface area (Å²) in [7, 11) is 0. The molecule has 0 bridgehead atoms. The van der Waals surface area contributed by atoms with Crippen LogP contribution in [-0.2, 0) is 5.60 Å². The van der Waals surface area contributed by atoms with Gasteiger partial charge in [-0.1, -0.05) is 6.07 Å². The molecule has 1 unspecified atom stereocenters. The molecular formula is C13H18N4O. The van der Waals surface area contributed by atoms with Crippen molar-refractivity contribution in [3.05, 3.63) is 42.0 Å². The molecule has 0 aromatic carbocycles. The fourth-order valence-corrected chi connectivity index (χ4v) is 1.73. The van der Waals surface area contributed by atoms with Crippen molar-refractivity contribution in [1.29, 1.82) is 0 Å². The molecule has 3 N–H and O–H groups in total. The summed E-state index contributed by atoms with van der Waals surface area (Å²) >= 11 is 0. The van der Waals surface area contributed by atoms with E-state index in [1.165, 1.54) is 0 Å². The monoisotopic (exact) mass is 246 g/mol. The van der Waals surface area contributed by atoms with Crippen molar-refractivity contribution in [2.45, 2.75) is 32.4 Å². The van der Waals surface area contributed by atoms with E-state index in [4.69, 9.17) is 5.73 Å². The number of pyridine rings is 1. The van der Waals surface area contributed by atoms with Gasteiger partial charge in [0.05, 0.1) is 23.6 Å². The van der Waals surface area contributed by atoms with Crippen molar-refractivity contribution < 1.29 is 5.11 Å². The van der Waals surface area contributed by atoms with Crippen LogP contribution in [0.25, 0.3) is 0 Å². The number of hydrogen-bond donors (Lipinski definition) is 2. The maximum absolute atomic E-state index is 9.84. The lowest BCUT2D eigenvalue weighted by atomic mass is 10.0. The smallest absolute Gasteiger partial charge is 0.101 e. The molecule has 18 heavy (non-hydrogen) atoms. The molecule has 0 amide bonds. The first-order chi connectivity index (χ1) is 8.38. The summed E-state index contributed by atoms with van der Waals surface area (Å²) in [6, 6.07) is 3.84. The van der Waals surface area contributed by atoms with Gasteiger partial charge in [-0.15, -0.1) is 0 Å². The highest BCUT2D eigenvalue weighted by Gasteiger charge is 2.18. The Balaban J connectivity index is 2.24. The third-order valence-corrected chi connectivity index (χ3v) is 2.91. The van der Waals surface area contributed by atoms with E-state index in [0.717, 1.165) is 5.56 Å². The number of hydrogen-bond acceptors (Lipinski definition) is 4. The first-order valence-corrected chi connectivity index (χ1v) is 5.86. The van der Waals surface area contributed by atoms with E-state index in [2.05, 4.69) is 10.1 Å². The van der Waals surface area contributed by atoms with E-state index in [-0.39, 0.29) is 6.04 Å². The lowest BCUT2D eigenvalue weighted by Crippen LogP contribution is -2.18. The predicted molar refractivity (Wildman–Crippen MR) is 69.9 cm³/mol. The van der Waals surface area contributed by atoms with E-state index in [9.17, 15) is 5.11 Å². The average molecular weight is 246 g/mol. The summed E-state index contributed by atoms with van der Waals surface area (Å²) in [5, 5.41) is 14.0. The van der Waals surface area contributed by atoms with Crippen molar-refractivity contribution in [2.24, 2.45) is 0 Å². The second-order valence-corrected chi connectivity index (χ2v) is 4.97. The van der Waals surface area contributed by atoms with Crippen LogP contribution < -0.4 is 5.73 Å². The molecule has 0 aliphatic carbocycles. The Kier molecular flexibility index (Phi) is 3.09. The zero-order valence-corrected chi connectivity index (χ0v) is 10.8. The maximum atomic E-state index is 9.84. The van der Waals surface area contributed by atoms with Crippen LogP contribution in [-0.4, -0.2) is 19.9 Å². The van der Waals surface area contributed by atoms with Gasteiger partial charge in [-0.3, -0.25) is 9.67 Å². The minimum absolute atomic E-state index is 0.0608. The molecule has 0 saturated heterocycles. The molecule has 0 radical (unpaired) electrons. The molecule has 2 aromatic heterocycles. The summed E-state index contributed by atoms with van der Waals surface area (Å²) in [4.78, 5) is 4.28. The Morgan fingerprint density at radius 3 is 2.50 bits per heavy atom. The summed E-state index contributed by atoms with van der Waals surface area (Å²) < 4.78 is 1.79. The van der Waals surface area contributed by atoms with Crippen LogP contribution in [0.3, 0.4) is 0 Å². The van der Waals surface area contributed by atoms with Gasteiger partial charge in [0.2, 0.25) is 0 Å². The minimum Gasteiger partial charge on any atom is -0.396 e. The van der Waals surface area contributed by atoms with Crippen molar-refractivity contribution >= 4 is 5.69 Å². The summed E-state index contributed by atoms with van der Waals surface area (Å²) in [5.41, 5.74) is 7.04. The molecular weight excluding hydrogens is 228 g/mol. The Morgan fingerprint density at radius 2 is 2.06 bits per heavy atom. The lowest BCUT2D eigenvalue weighted by molar-refractivity contribution is 0.0738. The second kappa shape index (κ2) is 4.42. The molecule has 96 valence electrons. The third kappa shape index (κ3) is 2.51. The number of anilines is 1. The van der Waals surface area contributed by atoms with Crippen molar-refractivity contribution in [3.8, 4) is 0 Å². The average Bonchev–Trinajstić information content (AvgIpc) is 2.74. The first-order valence-electron chi connectivity index (χ1n) is 5.86. The molecule has 0 aliphatic rings. The van der Waals surface area contributed by atoms with Crippen molar-refractivity contribution in [3.63, 3.8) is 0 Å². The first kappa shape index (κ1) is 12.6. The largest absolute Gasteiger partial charge is 0.396 e. The van der Waals surface area contributed by atoms with Gasteiger partial charge in [-0.25, -0.2) is 0 Å². The van der Waals surface area contributed by atoms with Gasteiger partial charge in [0.1, 0.15) is 5.60 Å². The molecule has 0 aliphatic heterocycles. The van der Waals surface area contributed by atoms with Crippen molar-refractivity contribution in [1.82, 2.24) is 14.8 Å². The Bertz CT molecular complexity index is 525. The summed E-state index contributed by atoms with van der Waals surface area (Å²) in [6.45, 7) is 5.45. The third-order valence-electron chi connectivity index (χ3n) is 2.91. The van der Waals surface area contributed by atoms with Gasteiger partial charge >= 0.3 is 0 Å². The SMILES string of the molecule is CC(c1ccc(C(C)(C)O)nc1)n1cc(N)cn1. The standard InChI is InChI=1S/C13H18N4O/c1-9(17-8-11(14)7-16-17)10-4-5-12(15-6-10)13(2,3)18/h4-9,18H,14H2,1-3H3. The van der Waals surface area contributed by atoms with Gasteiger partial charge in [-0.05, 0) is 32.4 Å². The van der Waals surface area contributed by atoms with E-state index in [1.807, 2.05) is 19.1 Å². The topological polar surface area (TPSA) is 77.0 Å². The van der Waals surface area contributed by atoms with Gasteiger partial charge in [0, 0.05) is 12.4 Å². The molecule has 5 heteroatoms. The zero-order chi connectivity index (χ0) is 13.3. The molecule has 1 atom stereocenters. The highest BCUT2D eigenvalue weighted by atomic mass is 16.3. The normalized spacial score (nSPS) is 13.6. The van der Waals surface area contributed by atoms with E-state index in [1.54, 1.807) is 37.1 Å². The number of nitrogen functional groups attached to an aromatic ring is 1. The van der Waals surface area contributed by atoms with E-state index in [0.29, 0.717) is 11.4 Å². The molecule has 2 aromatic rings. The van der Waals surface area contributed by atoms with Gasteiger partial charge in [0.15, 0.2) is 0 Å². The number of nitrogens with zero attached hydrogens (tertiary/aromatic N) is 3. The Labute approximate surface area is 106 Å². The van der Waals surface area contributed by atoms with Crippen LogP contribution in [0.5, 0.6) is 0 Å². The van der Waals surface area contributed by atoms with Crippen LogP contribution in [0.2, 0.25) is 0 Å². The molecule has 5 nitrogen and oxygen atoms in total. The second-order valence-electron chi connectivity index (χ2n) is 4.97. The van der Waals surface area contributed by atoms with Crippen LogP contribution in [0, 0.1) is 0 Å². The van der Waals surface area contributed by atoms with Crippen LogP contribution in [0.4, 0.5) is 5.69 Å². The molecule has 0 saturated carbocycles. The Morgan fingerprint density at radius 1 is 1.33 bits per heavy atom. The fourth-order valence-electron chi connectivity index (χ4n) is 1.73. The summed E-state index contributed by atoms with van der Waals surface area (Å²) in [5.74, 6) is 0. The number of rotatable bonds is 3. The molecule has 2 rings (SSSR count). The molecule has 0 spiro atoms. The number of nitrogens with two attached hydrogens (primary N) is 1. The minimum atomic E-state index is -0.919. The van der Waals surface area contributed by atoms with Gasteiger partial charge in [-0.2, -0.15) is 5.10 Å². The maximum Gasteiger partial charge on any atom is 0.101 e. The molecule has 2 heterocycles. The zero-order valence-electron chi connectivity index (χ0n) is 10.8. The van der Waals surface area contributed by atoms with Crippen molar-refractivity contribution in [2.75, 3.05) is 5.73 Å². The summed E-state index contributed by atoms with van der Waals surface area (Å²) in [6.07, 6.45) is 5.17. The van der Waals surface area contributed by atoms with E-state index >= 15 is 0 Å². The predicted octanol–water partition coefficient (Wildman–Crippen LogP) is 1.70. The van der Waals surface area contributed by atoms with Crippen LogP contribution in [0.1, 0.15) is 38.1 Å². The fraction of sp³-hybridized carbons (Fsp3) is 0.385. The quantitative estimate of drug-likeness (QED) is 0.864. The lowest BCUT2D eigenvalue weighted by Gasteiger charge is -2.18. The van der Waals surface area contributed by atoms with Crippen LogP contribution >= 0.6 is 0 Å². The number of aromatic nitrogens is 3. The number of aliphatic hydroxyl groups is 1. The van der Waals surface area contributed by atoms with E-state index < -0.39 is 5.60 Å². The highest BCUT2D eigenvalue weighted by molar-refractivity contribution is 5.31. The van der Waals surface area contributed by atoms with Gasteiger partial charge in [0.25, 0.3) is 0 Å². The van der Waals surface area contributed by atoms with Crippen LogP contribution in [0.15, 0.2) is 30.7 Å². The molecule has 0 fully saturated rings. The highest BCUT2D eigenvalue weighted by Crippen LogP contribution is 2.21.